The number of benzene rings is 2. The Kier molecular flexibility index (Phi) is 5.05. The summed E-state index contributed by atoms with van der Waals surface area (Å²) >= 11 is 0. The highest BCUT2D eigenvalue weighted by atomic mass is 16.7. The van der Waals surface area contributed by atoms with Crippen molar-refractivity contribution in [1.82, 2.24) is 0 Å². The van der Waals surface area contributed by atoms with Gasteiger partial charge in [0.1, 0.15) is 17.3 Å². The van der Waals surface area contributed by atoms with Crippen LogP contribution in [0.25, 0.3) is 11.3 Å². The lowest BCUT2D eigenvalue weighted by atomic mass is 9.92. The maximum Gasteiger partial charge on any atom is 0.336 e. The van der Waals surface area contributed by atoms with Gasteiger partial charge in [0.25, 0.3) is 0 Å². The zero-order valence-electron chi connectivity index (χ0n) is 16.0. The van der Waals surface area contributed by atoms with Gasteiger partial charge < -0.3 is 28.8 Å². The van der Waals surface area contributed by atoms with E-state index in [1.807, 2.05) is 0 Å². The molecular formula is C22H18O8. The Morgan fingerprint density at radius 3 is 2.57 bits per heavy atom. The quantitative estimate of drug-likeness (QED) is 0.590. The van der Waals surface area contributed by atoms with E-state index in [4.69, 9.17) is 18.6 Å². The summed E-state index contributed by atoms with van der Waals surface area (Å²) in [5, 5.41) is 20.0. The fourth-order valence-corrected chi connectivity index (χ4v) is 3.41. The number of fused-ring (bicyclic) bond motifs is 1. The number of furan rings is 1. The van der Waals surface area contributed by atoms with E-state index in [-0.39, 0.29) is 24.5 Å². The first-order valence-corrected chi connectivity index (χ1v) is 9.09. The monoisotopic (exact) mass is 410 g/mol. The number of methoxy groups -OCH3 is 1. The van der Waals surface area contributed by atoms with Crippen LogP contribution in [0.1, 0.15) is 34.0 Å². The van der Waals surface area contributed by atoms with Gasteiger partial charge >= 0.3 is 11.9 Å². The van der Waals surface area contributed by atoms with Gasteiger partial charge in [-0.2, -0.15) is 0 Å². The second kappa shape index (κ2) is 7.82. The predicted octanol–water partition coefficient (Wildman–Crippen LogP) is 3.77. The van der Waals surface area contributed by atoms with Crippen molar-refractivity contribution in [2.45, 2.75) is 12.3 Å². The van der Waals surface area contributed by atoms with Crippen LogP contribution < -0.4 is 9.47 Å². The van der Waals surface area contributed by atoms with E-state index in [1.165, 1.54) is 19.2 Å². The average molecular weight is 410 g/mol. The number of esters is 1. The second-order valence-corrected chi connectivity index (χ2v) is 6.65. The third kappa shape index (κ3) is 3.55. The summed E-state index contributed by atoms with van der Waals surface area (Å²) in [6, 6.07) is 12.7. The normalized spacial score (nSPS) is 13.1. The average Bonchev–Trinajstić information content (AvgIpc) is 3.40. The molecule has 0 amide bonds. The van der Waals surface area contributed by atoms with Crippen LogP contribution in [0.2, 0.25) is 0 Å². The van der Waals surface area contributed by atoms with E-state index in [1.54, 1.807) is 36.4 Å². The first kappa shape index (κ1) is 19.4. The van der Waals surface area contributed by atoms with Crippen molar-refractivity contribution in [2.24, 2.45) is 0 Å². The molecule has 0 saturated carbocycles. The van der Waals surface area contributed by atoms with Crippen molar-refractivity contribution in [3.05, 3.63) is 65.4 Å². The molecule has 1 aliphatic rings. The number of carboxylic acid groups (broad SMARTS) is 1. The molecule has 0 fully saturated rings. The second-order valence-electron chi connectivity index (χ2n) is 6.65. The van der Waals surface area contributed by atoms with Gasteiger partial charge in [-0.3, -0.25) is 4.79 Å². The molecule has 2 heterocycles. The molecule has 1 unspecified atom stereocenters. The maximum atomic E-state index is 12.1. The largest absolute Gasteiger partial charge is 0.508 e. The highest BCUT2D eigenvalue weighted by molar-refractivity contribution is 5.95. The Balaban J connectivity index is 1.77. The highest BCUT2D eigenvalue weighted by Gasteiger charge is 2.28. The number of carbonyl (C=O) groups excluding carboxylic acids is 1. The Morgan fingerprint density at radius 1 is 1.10 bits per heavy atom. The number of phenols is 1. The standard InChI is InChI=1S/C22H18O8/c1-27-21(24)9-15(14-8-19-20(10-16(14)23)29-11-28-19)18-7-6-17(30-18)12-4-2-3-5-13(12)22(25)26/h2-8,10,15,23H,9,11H2,1H3,(H,25,26). The Bertz CT molecular complexity index is 1110. The molecule has 0 bridgehead atoms. The molecule has 4 rings (SSSR count). The summed E-state index contributed by atoms with van der Waals surface area (Å²) in [6.07, 6.45) is -0.1000. The Hall–Kier alpha value is -3.94. The molecule has 154 valence electrons. The molecule has 0 radical (unpaired) electrons. The smallest absolute Gasteiger partial charge is 0.336 e. The maximum absolute atomic E-state index is 12.1. The van der Waals surface area contributed by atoms with Gasteiger partial charge in [-0.1, -0.05) is 18.2 Å². The Morgan fingerprint density at radius 2 is 1.83 bits per heavy atom. The van der Waals surface area contributed by atoms with Gasteiger partial charge in [0.2, 0.25) is 6.79 Å². The van der Waals surface area contributed by atoms with Gasteiger partial charge in [-0.15, -0.1) is 0 Å². The molecule has 2 N–H and O–H groups in total. The lowest BCUT2D eigenvalue weighted by Gasteiger charge is -2.16. The number of hydrogen-bond donors (Lipinski definition) is 2. The molecule has 0 aliphatic carbocycles. The highest BCUT2D eigenvalue weighted by Crippen LogP contribution is 2.44. The molecule has 30 heavy (non-hydrogen) atoms. The Labute approximate surface area is 171 Å². The lowest BCUT2D eigenvalue weighted by molar-refractivity contribution is -0.140. The summed E-state index contributed by atoms with van der Waals surface area (Å²) in [5.41, 5.74) is 0.897. The fourth-order valence-electron chi connectivity index (χ4n) is 3.41. The van der Waals surface area contributed by atoms with E-state index in [9.17, 15) is 19.8 Å². The number of aromatic hydroxyl groups is 1. The van der Waals surface area contributed by atoms with Crippen molar-refractivity contribution in [3.63, 3.8) is 0 Å². The summed E-state index contributed by atoms with van der Waals surface area (Å²) in [4.78, 5) is 23.6. The van der Waals surface area contributed by atoms with Crippen molar-refractivity contribution < 1.29 is 38.4 Å². The fraction of sp³-hybridized carbons (Fsp3) is 0.182. The van der Waals surface area contributed by atoms with E-state index >= 15 is 0 Å². The van der Waals surface area contributed by atoms with Crippen LogP contribution in [0.3, 0.4) is 0 Å². The predicted molar refractivity (Wildman–Crippen MR) is 104 cm³/mol. The topological polar surface area (TPSA) is 115 Å². The molecule has 1 atom stereocenters. The number of rotatable bonds is 6. The molecular weight excluding hydrogens is 392 g/mol. The first-order chi connectivity index (χ1) is 14.5. The SMILES string of the molecule is COC(=O)CC(c1ccc(-c2ccccc2C(=O)O)o1)c1cc2c(cc1O)OCO2. The van der Waals surface area contributed by atoms with Crippen molar-refractivity contribution in [2.75, 3.05) is 13.9 Å². The van der Waals surface area contributed by atoms with Crippen LogP contribution >= 0.6 is 0 Å². The molecule has 2 aromatic carbocycles. The van der Waals surface area contributed by atoms with Crippen LogP contribution in [-0.4, -0.2) is 36.1 Å². The zero-order valence-corrected chi connectivity index (χ0v) is 16.0. The van der Waals surface area contributed by atoms with Crippen LogP contribution in [-0.2, 0) is 9.53 Å². The van der Waals surface area contributed by atoms with E-state index in [0.29, 0.717) is 34.1 Å². The van der Waals surface area contributed by atoms with Crippen LogP contribution in [0, 0.1) is 0 Å². The van der Waals surface area contributed by atoms with Crippen LogP contribution in [0.4, 0.5) is 0 Å². The number of carbonyl (C=O) groups is 2. The molecule has 1 aromatic heterocycles. The summed E-state index contributed by atoms with van der Waals surface area (Å²) in [7, 11) is 1.27. The third-order valence-corrected chi connectivity index (χ3v) is 4.89. The van der Waals surface area contributed by atoms with Crippen molar-refractivity contribution in [3.8, 4) is 28.6 Å². The minimum absolute atomic E-state index is 0.0385. The number of phenolic OH excluding ortho intramolecular Hbond substituents is 1. The number of ether oxygens (including phenoxy) is 3. The van der Waals surface area contributed by atoms with Gasteiger partial charge in [0, 0.05) is 17.2 Å². The van der Waals surface area contributed by atoms with Gasteiger partial charge in [-0.25, -0.2) is 4.79 Å². The van der Waals surface area contributed by atoms with Crippen LogP contribution in [0.15, 0.2) is 52.9 Å². The molecule has 8 nitrogen and oxygen atoms in total. The minimum atomic E-state index is -1.08. The van der Waals surface area contributed by atoms with E-state index in [0.717, 1.165) is 0 Å². The lowest BCUT2D eigenvalue weighted by Crippen LogP contribution is -2.10. The minimum Gasteiger partial charge on any atom is -0.508 e. The third-order valence-electron chi connectivity index (χ3n) is 4.89. The first-order valence-electron chi connectivity index (χ1n) is 9.09. The number of carboxylic acids is 1. The molecule has 8 heteroatoms. The van der Waals surface area contributed by atoms with Gasteiger partial charge in [0.05, 0.1) is 25.0 Å². The van der Waals surface area contributed by atoms with Crippen molar-refractivity contribution in [1.29, 1.82) is 0 Å². The molecule has 3 aromatic rings. The molecule has 0 spiro atoms. The van der Waals surface area contributed by atoms with E-state index < -0.39 is 17.9 Å². The number of aromatic carboxylic acids is 1. The summed E-state index contributed by atoms with van der Waals surface area (Å²) in [5.74, 6) is -0.800. The zero-order chi connectivity index (χ0) is 21.3. The summed E-state index contributed by atoms with van der Waals surface area (Å²) in [6.45, 7) is 0.0385. The van der Waals surface area contributed by atoms with Crippen molar-refractivity contribution >= 4 is 11.9 Å². The molecule has 0 saturated heterocycles. The van der Waals surface area contributed by atoms with E-state index in [2.05, 4.69) is 0 Å². The number of hydrogen-bond acceptors (Lipinski definition) is 7. The van der Waals surface area contributed by atoms with Crippen LogP contribution in [0.5, 0.6) is 17.2 Å². The molecule has 1 aliphatic heterocycles. The summed E-state index contributed by atoms with van der Waals surface area (Å²) < 4.78 is 21.4. The van der Waals surface area contributed by atoms with Gasteiger partial charge in [-0.05, 0) is 24.3 Å². The van der Waals surface area contributed by atoms with Gasteiger partial charge in [0.15, 0.2) is 11.5 Å².